The first-order valence-electron chi connectivity index (χ1n) is 10.7. The molecule has 1 amide bonds. The van der Waals surface area contributed by atoms with Crippen LogP contribution >= 0.6 is 0 Å². The number of halogens is 1. The third kappa shape index (κ3) is 6.87. The Labute approximate surface area is 182 Å². The van der Waals surface area contributed by atoms with Crippen LogP contribution in [0.4, 0.5) is 10.1 Å². The highest BCUT2D eigenvalue weighted by molar-refractivity contribution is 5.94. The molecule has 4 N–H and O–H groups in total. The van der Waals surface area contributed by atoms with E-state index in [1.54, 1.807) is 24.3 Å². The van der Waals surface area contributed by atoms with E-state index in [1.807, 2.05) is 13.0 Å². The fraction of sp³-hybridized carbons (Fsp3) is 0.391. The Balaban J connectivity index is 1.44. The number of anilines is 1. The van der Waals surface area contributed by atoms with Crippen LogP contribution in [0.25, 0.3) is 0 Å². The van der Waals surface area contributed by atoms with E-state index < -0.39 is 0 Å². The second-order valence-corrected chi connectivity index (χ2v) is 7.45. The number of aromatic hydroxyl groups is 1. The van der Waals surface area contributed by atoms with Gasteiger partial charge in [-0.2, -0.15) is 0 Å². The number of nitrogens with one attached hydrogen (secondary N) is 3. The van der Waals surface area contributed by atoms with Gasteiger partial charge in [0.15, 0.2) is 5.96 Å². The van der Waals surface area contributed by atoms with Crippen molar-refractivity contribution in [3.63, 3.8) is 0 Å². The summed E-state index contributed by atoms with van der Waals surface area (Å²) in [5, 5.41) is 18.8. The maximum atomic E-state index is 13.5. The van der Waals surface area contributed by atoms with E-state index >= 15 is 0 Å². The van der Waals surface area contributed by atoms with Crippen molar-refractivity contribution >= 4 is 17.6 Å². The standard InChI is InChI=1S/C23H30FN5O2/c1-2-25-23(27-13-12-26-22(31)17-6-8-21(30)9-7-17)28-19-10-14-29(15-11-19)20-5-3-4-18(24)16-20/h3-9,16,19,30H,2,10-15H2,1H3,(H,26,31)(H2,25,27,28). The molecule has 1 heterocycles. The second kappa shape index (κ2) is 11.2. The summed E-state index contributed by atoms with van der Waals surface area (Å²) >= 11 is 0. The minimum atomic E-state index is -0.211. The third-order valence-corrected chi connectivity index (χ3v) is 5.15. The molecule has 0 radical (unpaired) electrons. The molecule has 0 atom stereocenters. The highest BCUT2D eigenvalue weighted by Crippen LogP contribution is 2.20. The topological polar surface area (TPSA) is 89.0 Å². The Morgan fingerprint density at radius 3 is 2.58 bits per heavy atom. The fourth-order valence-corrected chi connectivity index (χ4v) is 3.52. The summed E-state index contributed by atoms with van der Waals surface area (Å²) in [7, 11) is 0. The Kier molecular flexibility index (Phi) is 8.09. The van der Waals surface area contributed by atoms with E-state index in [1.165, 1.54) is 18.2 Å². The highest BCUT2D eigenvalue weighted by atomic mass is 19.1. The average molecular weight is 428 g/mol. The Morgan fingerprint density at radius 2 is 1.90 bits per heavy atom. The summed E-state index contributed by atoms with van der Waals surface area (Å²) in [5.41, 5.74) is 1.42. The number of piperidine rings is 1. The molecule has 0 saturated carbocycles. The molecule has 31 heavy (non-hydrogen) atoms. The molecule has 2 aromatic rings. The van der Waals surface area contributed by atoms with Crippen molar-refractivity contribution in [3.8, 4) is 5.75 Å². The van der Waals surface area contributed by atoms with Crippen LogP contribution in [0.5, 0.6) is 5.75 Å². The maximum Gasteiger partial charge on any atom is 0.251 e. The molecule has 1 saturated heterocycles. The van der Waals surface area contributed by atoms with Gasteiger partial charge in [-0.25, -0.2) is 4.39 Å². The molecule has 0 unspecified atom stereocenters. The largest absolute Gasteiger partial charge is 0.508 e. The molecule has 0 aliphatic carbocycles. The van der Waals surface area contributed by atoms with Gasteiger partial charge in [-0.1, -0.05) is 6.07 Å². The van der Waals surface area contributed by atoms with E-state index in [-0.39, 0.29) is 23.5 Å². The number of nitrogens with zero attached hydrogens (tertiary/aromatic N) is 2. The van der Waals surface area contributed by atoms with Crippen molar-refractivity contribution in [1.82, 2.24) is 16.0 Å². The lowest BCUT2D eigenvalue weighted by molar-refractivity contribution is 0.0955. The highest BCUT2D eigenvalue weighted by Gasteiger charge is 2.20. The van der Waals surface area contributed by atoms with Gasteiger partial charge in [-0.3, -0.25) is 9.79 Å². The van der Waals surface area contributed by atoms with E-state index in [4.69, 9.17) is 0 Å². The number of amides is 1. The predicted molar refractivity (Wildman–Crippen MR) is 121 cm³/mol. The maximum absolute atomic E-state index is 13.5. The zero-order chi connectivity index (χ0) is 22.1. The summed E-state index contributed by atoms with van der Waals surface area (Å²) in [5.74, 6) is 0.449. The van der Waals surface area contributed by atoms with Gasteiger partial charge >= 0.3 is 0 Å². The first-order valence-corrected chi connectivity index (χ1v) is 10.7. The Bertz CT molecular complexity index is 880. The molecular formula is C23H30FN5O2. The molecule has 0 aromatic heterocycles. The van der Waals surface area contributed by atoms with E-state index in [2.05, 4.69) is 25.8 Å². The fourth-order valence-electron chi connectivity index (χ4n) is 3.52. The summed E-state index contributed by atoms with van der Waals surface area (Å²) < 4.78 is 13.5. The quantitative estimate of drug-likeness (QED) is 0.310. The summed E-state index contributed by atoms with van der Waals surface area (Å²) in [6, 6.07) is 13.1. The molecule has 166 valence electrons. The summed E-state index contributed by atoms with van der Waals surface area (Å²) in [6.07, 6.45) is 1.86. The molecule has 0 bridgehead atoms. The van der Waals surface area contributed by atoms with Crippen molar-refractivity contribution in [1.29, 1.82) is 0 Å². The first kappa shape index (κ1) is 22.4. The van der Waals surface area contributed by atoms with Crippen LogP contribution in [0.2, 0.25) is 0 Å². The number of phenolic OH excluding ortho intramolecular Hbond substituents is 1. The van der Waals surface area contributed by atoms with Gasteiger partial charge in [-0.05, 0) is 62.2 Å². The van der Waals surface area contributed by atoms with E-state index in [0.29, 0.717) is 18.7 Å². The first-order chi connectivity index (χ1) is 15.0. The zero-order valence-electron chi connectivity index (χ0n) is 17.8. The zero-order valence-corrected chi connectivity index (χ0v) is 17.8. The molecule has 1 aliphatic heterocycles. The minimum absolute atomic E-state index is 0.129. The number of aliphatic imine (C=N–C) groups is 1. The lowest BCUT2D eigenvalue weighted by Crippen LogP contribution is -2.49. The van der Waals surface area contributed by atoms with Gasteiger partial charge < -0.3 is 26.0 Å². The molecule has 1 fully saturated rings. The van der Waals surface area contributed by atoms with Gasteiger partial charge in [0.25, 0.3) is 5.91 Å². The van der Waals surface area contributed by atoms with Gasteiger partial charge in [0.05, 0.1) is 6.54 Å². The van der Waals surface area contributed by atoms with Gasteiger partial charge in [0.2, 0.25) is 0 Å². The van der Waals surface area contributed by atoms with Crippen molar-refractivity contribution in [2.24, 2.45) is 4.99 Å². The monoisotopic (exact) mass is 427 g/mol. The number of hydrogen-bond acceptors (Lipinski definition) is 4. The molecule has 1 aliphatic rings. The van der Waals surface area contributed by atoms with Crippen molar-refractivity contribution in [2.75, 3.05) is 37.6 Å². The predicted octanol–water partition coefficient (Wildman–Crippen LogP) is 2.49. The molecule has 7 nitrogen and oxygen atoms in total. The summed E-state index contributed by atoms with van der Waals surface area (Å²) in [6.45, 7) is 5.31. The molecule has 8 heteroatoms. The van der Waals surface area contributed by atoms with E-state index in [9.17, 15) is 14.3 Å². The molecule has 0 spiro atoms. The normalized spacial score (nSPS) is 14.9. The van der Waals surface area contributed by atoms with Crippen molar-refractivity contribution < 1.29 is 14.3 Å². The smallest absolute Gasteiger partial charge is 0.251 e. The third-order valence-electron chi connectivity index (χ3n) is 5.15. The minimum Gasteiger partial charge on any atom is -0.508 e. The lowest BCUT2D eigenvalue weighted by Gasteiger charge is -2.34. The van der Waals surface area contributed by atoms with Crippen LogP contribution in [-0.4, -0.2) is 55.7 Å². The van der Waals surface area contributed by atoms with Crippen LogP contribution in [0.15, 0.2) is 53.5 Å². The number of hydrogen-bond donors (Lipinski definition) is 4. The van der Waals surface area contributed by atoms with Crippen LogP contribution in [0.3, 0.4) is 0 Å². The number of carbonyl (C=O) groups excluding carboxylic acids is 1. The molecule has 3 rings (SSSR count). The van der Waals surface area contributed by atoms with Gasteiger partial charge in [0, 0.05) is 43.5 Å². The Hall–Kier alpha value is -3.29. The lowest BCUT2D eigenvalue weighted by atomic mass is 10.0. The van der Waals surface area contributed by atoms with E-state index in [0.717, 1.165) is 44.1 Å². The number of benzene rings is 2. The number of guanidine groups is 1. The molecule has 2 aromatic carbocycles. The van der Waals surface area contributed by atoms with Crippen LogP contribution in [-0.2, 0) is 0 Å². The van der Waals surface area contributed by atoms with Crippen molar-refractivity contribution in [2.45, 2.75) is 25.8 Å². The SMILES string of the molecule is CCNC(=NCCNC(=O)c1ccc(O)cc1)NC1CCN(c2cccc(F)c2)CC1. The van der Waals surface area contributed by atoms with Gasteiger partial charge in [-0.15, -0.1) is 0 Å². The van der Waals surface area contributed by atoms with Gasteiger partial charge in [0.1, 0.15) is 11.6 Å². The van der Waals surface area contributed by atoms with Crippen molar-refractivity contribution in [3.05, 3.63) is 59.9 Å². The van der Waals surface area contributed by atoms with Crippen LogP contribution in [0.1, 0.15) is 30.1 Å². The van der Waals surface area contributed by atoms with Crippen LogP contribution < -0.4 is 20.9 Å². The number of phenols is 1. The average Bonchev–Trinajstić information content (AvgIpc) is 2.77. The summed E-state index contributed by atoms with van der Waals surface area (Å²) in [4.78, 5) is 18.9. The molecular weight excluding hydrogens is 397 g/mol. The van der Waals surface area contributed by atoms with Crippen LogP contribution in [0, 0.1) is 5.82 Å². The Morgan fingerprint density at radius 1 is 1.16 bits per heavy atom. The second-order valence-electron chi connectivity index (χ2n) is 7.45. The number of carbonyl (C=O) groups is 1. The number of rotatable bonds is 7.